The van der Waals surface area contributed by atoms with Crippen LogP contribution in [0.25, 0.3) is 6.08 Å². The van der Waals surface area contributed by atoms with Crippen LogP contribution in [0, 0.1) is 0 Å². The Bertz CT molecular complexity index is 1030. The van der Waals surface area contributed by atoms with Crippen molar-refractivity contribution in [2.45, 2.75) is 13.5 Å². The van der Waals surface area contributed by atoms with Gasteiger partial charge in [-0.05, 0) is 29.8 Å². The number of thiazole rings is 1. The van der Waals surface area contributed by atoms with Crippen molar-refractivity contribution in [3.63, 3.8) is 0 Å². The molecule has 3 aromatic rings. The van der Waals surface area contributed by atoms with Gasteiger partial charge in [0.25, 0.3) is 0 Å². The number of para-hydroxylation sites is 1. The zero-order chi connectivity index (χ0) is 20.8. The molecule has 2 aromatic carbocycles. The molecule has 5 nitrogen and oxygen atoms in total. The fourth-order valence-electron chi connectivity index (χ4n) is 2.70. The van der Waals surface area contributed by atoms with Crippen LogP contribution < -0.4 is 4.90 Å². The summed E-state index contributed by atoms with van der Waals surface area (Å²) in [6.45, 7) is 1.91. The predicted molar refractivity (Wildman–Crippen MR) is 118 cm³/mol. The van der Waals surface area contributed by atoms with Gasteiger partial charge in [0, 0.05) is 37.0 Å². The molecule has 0 spiro atoms. The van der Waals surface area contributed by atoms with Gasteiger partial charge in [-0.25, -0.2) is 4.98 Å². The van der Waals surface area contributed by atoms with E-state index in [4.69, 9.17) is 11.6 Å². The van der Waals surface area contributed by atoms with Crippen molar-refractivity contribution < 1.29 is 9.59 Å². The number of amides is 2. The third kappa shape index (κ3) is 5.31. The molecule has 148 valence electrons. The summed E-state index contributed by atoms with van der Waals surface area (Å²) in [5.41, 5.74) is 2.25. The van der Waals surface area contributed by atoms with Crippen molar-refractivity contribution in [1.82, 2.24) is 9.88 Å². The molecule has 29 heavy (non-hydrogen) atoms. The van der Waals surface area contributed by atoms with E-state index in [1.807, 2.05) is 53.9 Å². The fraction of sp³-hybridized carbons (Fsp3) is 0.136. The number of aromatic nitrogens is 1. The molecule has 0 saturated carbocycles. The van der Waals surface area contributed by atoms with Crippen molar-refractivity contribution in [2.24, 2.45) is 0 Å². The summed E-state index contributed by atoms with van der Waals surface area (Å²) in [4.78, 5) is 32.1. The number of nitrogens with zero attached hydrogens (tertiary/aromatic N) is 3. The normalized spacial score (nSPS) is 10.9. The van der Waals surface area contributed by atoms with Crippen LogP contribution >= 0.6 is 22.9 Å². The van der Waals surface area contributed by atoms with Crippen molar-refractivity contribution in [3.8, 4) is 0 Å². The molecule has 1 aromatic heterocycles. The minimum absolute atomic E-state index is 0.128. The second-order valence-electron chi connectivity index (χ2n) is 6.36. The van der Waals surface area contributed by atoms with E-state index in [0.717, 1.165) is 11.3 Å². The summed E-state index contributed by atoms with van der Waals surface area (Å²) in [5.74, 6) is -0.289. The molecule has 0 aliphatic carbocycles. The average molecular weight is 426 g/mol. The van der Waals surface area contributed by atoms with Crippen LogP contribution in [0.4, 0.5) is 10.8 Å². The Balaban J connectivity index is 1.70. The number of carbonyl (C=O) groups is 2. The van der Waals surface area contributed by atoms with Crippen LogP contribution in [0.5, 0.6) is 0 Å². The fourth-order valence-corrected chi connectivity index (χ4v) is 3.75. The van der Waals surface area contributed by atoms with E-state index in [-0.39, 0.29) is 11.8 Å². The largest absolute Gasteiger partial charge is 0.338 e. The number of halogens is 1. The highest BCUT2D eigenvalue weighted by molar-refractivity contribution is 7.14. The lowest BCUT2D eigenvalue weighted by atomic mass is 10.2. The molecule has 0 N–H and O–H groups in total. The quantitative estimate of drug-likeness (QED) is 0.513. The summed E-state index contributed by atoms with van der Waals surface area (Å²) in [5, 5.41) is 3.00. The van der Waals surface area contributed by atoms with Crippen LogP contribution in [-0.2, 0) is 16.1 Å². The second-order valence-corrected chi connectivity index (χ2v) is 7.61. The van der Waals surface area contributed by atoms with E-state index in [0.29, 0.717) is 22.4 Å². The van der Waals surface area contributed by atoms with Gasteiger partial charge in [-0.15, -0.1) is 11.3 Å². The van der Waals surface area contributed by atoms with E-state index in [9.17, 15) is 9.59 Å². The zero-order valence-electron chi connectivity index (χ0n) is 16.1. The third-order valence-corrected chi connectivity index (χ3v) is 5.38. The Morgan fingerprint density at radius 3 is 2.48 bits per heavy atom. The molecular formula is C22H20ClN3O2S. The van der Waals surface area contributed by atoms with Gasteiger partial charge in [-0.2, -0.15) is 0 Å². The summed E-state index contributed by atoms with van der Waals surface area (Å²) < 4.78 is 0. The summed E-state index contributed by atoms with van der Waals surface area (Å²) >= 11 is 7.50. The minimum atomic E-state index is -0.161. The number of likely N-dealkylation sites (N-methyl/N-ethyl adjacent to an activating group) is 1. The van der Waals surface area contributed by atoms with Gasteiger partial charge in [-0.1, -0.05) is 48.0 Å². The van der Waals surface area contributed by atoms with E-state index in [2.05, 4.69) is 4.98 Å². The Kier molecular flexibility index (Phi) is 6.80. The maximum atomic E-state index is 12.4. The first-order valence-corrected chi connectivity index (χ1v) is 10.2. The van der Waals surface area contributed by atoms with Gasteiger partial charge in [0.2, 0.25) is 11.8 Å². The first-order valence-electron chi connectivity index (χ1n) is 8.93. The molecule has 0 aliphatic rings. The number of hydrogen-bond donors (Lipinski definition) is 0. The van der Waals surface area contributed by atoms with Crippen molar-refractivity contribution >= 4 is 51.6 Å². The molecule has 0 bridgehead atoms. The highest BCUT2D eigenvalue weighted by atomic mass is 35.5. The first kappa shape index (κ1) is 20.8. The third-order valence-electron chi connectivity index (χ3n) is 4.17. The molecule has 0 aliphatic heterocycles. The average Bonchev–Trinajstić information content (AvgIpc) is 3.17. The van der Waals surface area contributed by atoms with E-state index < -0.39 is 0 Å². The standard InChI is InChI=1S/C22H20ClN3O2S/c1-16(27)26(19-9-4-3-5-10-19)22-24-18(15-29-22)12-13-21(28)25(2)14-17-8-6-7-11-20(17)23/h3-13,15H,14H2,1-2H3. The monoisotopic (exact) mass is 425 g/mol. The number of hydrogen-bond acceptors (Lipinski definition) is 4. The Labute approximate surface area is 178 Å². The van der Waals surface area contributed by atoms with Crippen molar-refractivity contribution in [1.29, 1.82) is 0 Å². The van der Waals surface area contributed by atoms with Crippen LogP contribution in [0.15, 0.2) is 66.1 Å². The minimum Gasteiger partial charge on any atom is -0.338 e. The van der Waals surface area contributed by atoms with Gasteiger partial charge in [0.05, 0.1) is 11.4 Å². The Morgan fingerprint density at radius 1 is 1.10 bits per heavy atom. The topological polar surface area (TPSA) is 53.5 Å². The van der Waals surface area contributed by atoms with E-state index >= 15 is 0 Å². The SMILES string of the molecule is CC(=O)N(c1ccccc1)c1nc(C=CC(=O)N(C)Cc2ccccc2Cl)cs1. The van der Waals surface area contributed by atoms with Crippen molar-refractivity contribution in [3.05, 3.63) is 82.3 Å². The second kappa shape index (κ2) is 9.49. The van der Waals surface area contributed by atoms with Crippen LogP contribution in [0.3, 0.4) is 0 Å². The van der Waals surface area contributed by atoms with E-state index in [1.165, 1.54) is 24.3 Å². The maximum Gasteiger partial charge on any atom is 0.246 e. The Hall–Kier alpha value is -2.96. The number of benzene rings is 2. The number of rotatable bonds is 6. The molecular weight excluding hydrogens is 406 g/mol. The van der Waals surface area contributed by atoms with Gasteiger partial charge in [-0.3, -0.25) is 14.5 Å². The molecule has 3 rings (SSSR count). The maximum absolute atomic E-state index is 12.4. The molecule has 2 amide bonds. The molecule has 0 unspecified atom stereocenters. The van der Waals surface area contributed by atoms with Crippen molar-refractivity contribution in [2.75, 3.05) is 11.9 Å². The number of anilines is 2. The van der Waals surface area contributed by atoms with Gasteiger partial charge < -0.3 is 4.90 Å². The van der Waals surface area contributed by atoms with Crippen LogP contribution in [-0.4, -0.2) is 28.7 Å². The van der Waals surface area contributed by atoms with Crippen LogP contribution in [0.1, 0.15) is 18.2 Å². The smallest absolute Gasteiger partial charge is 0.246 e. The van der Waals surface area contributed by atoms with Gasteiger partial charge in [0.15, 0.2) is 5.13 Å². The molecule has 0 radical (unpaired) electrons. The lowest BCUT2D eigenvalue weighted by molar-refractivity contribution is -0.125. The lowest BCUT2D eigenvalue weighted by Gasteiger charge is -2.17. The molecule has 1 heterocycles. The predicted octanol–water partition coefficient (Wildman–Crippen LogP) is 5.15. The first-order chi connectivity index (χ1) is 14.0. The Morgan fingerprint density at radius 2 is 1.79 bits per heavy atom. The molecule has 0 saturated heterocycles. The molecule has 0 atom stereocenters. The van der Waals surface area contributed by atoms with Gasteiger partial charge in [0.1, 0.15) is 0 Å². The highest BCUT2D eigenvalue weighted by Crippen LogP contribution is 2.29. The zero-order valence-corrected chi connectivity index (χ0v) is 17.7. The highest BCUT2D eigenvalue weighted by Gasteiger charge is 2.17. The summed E-state index contributed by atoms with van der Waals surface area (Å²) in [6.07, 6.45) is 3.12. The molecule has 7 heteroatoms. The van der Waals surface area contributed by atoms with E-state index in [1.54, 1.807) is 29.0 Å². The summed E-state index contributed by atoms with van der Waals surface area (Å²) in [7, 11) is 1.72. The van der Waals surface area contributed by atoms with Crippen LogP contribution in [0.2, 0.25) is 5.02 Å². The number of carbonyl (C=O) groups excluding carboxylic acids is 2. The lowest BCUT2D eigenvalue weighted by Crippen LogP contribution is -2.24. The summed E-state index contributed by atoms with van der Waals surface area (Å²) in [6, 6.07) is 16.8. The van der Waals surface area contributed by atoms with Gasteiger partial charge >= 0.3 is 0 Å². The molecule has 0 fully saturated rings.